The average molecular weight is 510 g/mol. The van der Waals surface area contributed by atoms with Crippen LogP contribution in [0.3, 0.4) is 0 Å². The number of aliphatic hydroxyl groups excluding tert-OH is 1. The smallest absolute Gasteiger partial charge is 0.162 e. The minimum absolute atomic E-state index is 0.180. The minimum Gasteiger partial charge on any atom is -0.491 e. The fourth-order valence-corrected chi connectivity index (χ4v) is 4.98. The van der Waals surface area contributed by atoms with Crippen LogP contribution in [-0.4, -0.2) is 64.8 Å². The first-order chi connectivity index (χ1) is 17.7. The van der Waals surface area contributed by atoms with Crippen molar-refractivity contribution >= 4 is 5.82 Å². The molecule has 37 heavy (non-hydrogen) atoms. The molecule has 9 heteroatoms. The zero-order chi connectivity index (χ0) is 26.7. The number of aryl methyl sites for hydroxylation is 3. The number of aromatic nitrogens is 3. The Hall–Kier alpha value is -3.01. The Morgan fingerprint density at radius 3 is 2.49 bits per heavy atom. The second-order valence-electron chi connectivity index (χ2n) is 10.1. The lowest BCUT2D eigenvalue weighted by molar-refractivity contribution is -0.0338. The summed E-state index contributed by atoms with van der Waals surface area (Å²) >= 11 is 0. The van der Waals surface area contributed by atoms with Gasteiger partial charge in [-0.3, -0.25) is 0 Å². The molecule has 1 fully saturated rings. The second-order valence-corrected chi connectivity index (χ2v) is 10.1. The van der Waals surface area contributed by atoms with E-state index in [1.807, 2.05) is 45.9 Å². The first kappa shape index (κ1) is 27.0. The summed E-state index contributed by atoms with van der Waals surface area (Å²) in [4.78, 5) is 10.0. The van der Waals surface area contributed by atoms with Gasteiger partial charge in [-0.1, -0.05) is 11.2 Å². The summed E-state index contributed by atoms with van der Waals surface area (Å²) in [7, 11) is 1.80. The van der Waals surface area contributed by atoms with Crippen molar-refractivity contribution in [3.05, 3.63) is 40.8 Å². The zero-order valence-corrected chi connectivity index (χ0v) is 22.9. The van der Waals surface area contributed by atoms with E-state index >= 15 is 0 Å². The highest BCUT2D eigenvalue weighted by molar-refractivity contribution is 5.75. The van der Waals surface area contributed by atoms with Crippen LogP contribution in [-0.2, 0) is 4.74 Å². The summed E-state index contributed by atoms with van der Waals surface area (Å²) in [5.41, 5.74) is 5.31. The lowest BCUT2D eigenvalue weighted by Crippen LogP contribution is -2.37. The molecule has 0 amide bonds. The Labute approximate surface area is 219 Å². The molecule has 1 aliphatic heterocycles. The van der Waals surface area contributed by atoms with Crippen LogP contribution in [0.2, 0.25) is 0 Å². The molecule has 2 aromatic heterocycles. The van der Waals surface area contributed by atoms with Gasteiger partial charge in [0.25, 0.3) is 0 Å². The van der Waals surface area contributed by atoms with Gasteiger partial charge in [0.2, 0.25) is 0 Å². The molecule has 9 nitrogen and oxygen atoms in total. The maximum Gasteiger partial charge on any atom is 0.162 e. The molecule has 0 saturated carbocycles. The minimum atomic E-state index is -0.600. The summed E-state index contributed by atoms with van der Waals surface area (Å²) in [6.45, 7) is 12.8. The number of nitrogens with zero attached hydrogens (tertiary/aromatic N) is 3. The average Bonchev–Trinajstić information content (AvgIpc) is 3.17. The van der Waals surface area contributed by atoms with Crippen LogP contribution in [0, 0.1) is 27.7 Å². The third kappa shape index (κ3) is 6.29. The highest BCUT2D eigenvalue weighted by Crippen LogP contribution is 2.35. The van der Waals surface area contributed by atoms with E-state index in [-0.39, 0.29) is 24.9 Å². The largest absolute Gasteiger partial charge is 0.491 e. The molecule has 0 radical (unpaired) electrons. The van der Waals surface area contributed by atoms with E-state index in [2.05, 4.69) is 29.6 Å². The Morgan fingerprint density at radius 2 is 1.84 bits per heavy atom. The molecule has 200 valence electrons. The fourth-order valence-electron chi connectivity index (χ4n) is 4.98. The number of rotatable bonds is 9. The van der Waals surface area contributed by atoms with Crippen molar-refractivity contribution in [1.29, 1.82) is 0 Å². The van der Waals surface area contributed by atoms with Gasteiger partial charge in [0.05, 0.1) is 29.2 Å². The highest BCUT2D eigenvalue weighted by Gasteiger charge is 2.27. The van der Waals surface area contributed by atoms with Gasteiger partial charge in [-0.25, -0.2) is 9.97 Å². The predicted octanol–water partition coefficient (Wildman–Crippen LogP) is 4.36. The van der Waals surface area contributed by atoms with Gasteiger partial charge in [0.15, 0.2) is 5.82 Å². The van der Waals surface area contributed by atoms with Crippen molar-refractivity contribution in [2.45, 2.75) is 78.7 Å². The van der Waals surface area contributed by atoms with E-state index in [0.29, 0.717) is 18.1 Å². The number of anilines is 1. The van der Waals surface area contributed by atoms with Crippen molar-refractivity contribution in [1.82, 2.24) is 20.4 Å². The van der Waals surface area contributed by atoms with Gasteiger partial charge in [0.1, 0.15) is 30.0 Å². The van der Waals surface area contributed by atoms with E-state index in [0.717, 1.165) is 58.1 Å². The third-order valence-electron chi connectivity index (χ3n) is 6.79. The summed E-state index contributed by atoms with van der Waals surface area (Å²) in [6.07, 6.45) is 1.57. The number of aliphatic hydroxyl groups is 1. The molecule has 3 aromatic rings. The van der Waals surface area contributed by atoms with Crippen molar-refractivity contribution in [2.75, 3.05) is 25.5 Å². The van der Waals surface area contributed by atoms with E-state index in [9.17, 15) is 5.11 Å². The summed E-state index contributed by atoms with van der Waals surface area (Å²) in [5.74, 6) is 2.76. The van der Waals surface area contributed by atoms with Crippen molar-refractivity contribution in [3.8, 4) is 28.4 Å². The third-order valence-corrected chi connectivity index (χ3v) is 6.79. The van der Waals surface area contributed by atoms with Gasteiger partial charge >= 0.3 is 0 Å². The lowest BCUT2D eigenvalue weighted by Gasteiger charge is -2.33. The van der Waals surface area contributed by atoms with Gasteiger partial charge in [-0.2, -0.15) is 0 Å². The van der Waals surface area contributed by atoms with Gasteiger partial charge in [-0.15, -0.1) is 0 Å². The Balaban J connectivity index is 1.76. The summed E-state index contributed by atoms with van der Waals surface area (Å²) in [6, 6.07) is 6.06. The van der Waals surface area contributed by atoms with Crippen molar-refractivity contribution in [2.24, 2.45) is 0 Å². The monoisotopic (exact) mass is 509 g/mol. The van der Waals surface area contributed by atoms with Crippen LogP contribution in [0.15, 0.2) is 22.7 Å². The van der Waals surface area contributed by atoms with Crippen LogP contribution in [0.25, 0.3) is 22.6 Å². The molecule has 1 saturated heterocycles. The normalized spacial score (nSPS) is 20.6. The molecule has 0 bridgehead atoms. The quantitative estimate of drug-likeness (QED) is 0.387. The van der Waals surface area contributed by atoms with Crippen LogP contribution < -0.4 is 15.4 Å². The first-order valence-electron chi connectivity index (χ1n) is 13.0. The molecule has 4 atom stereocenters. The maximum absolute atomic E-state index is 10.1. The molecule has 1 aliphatic rings. The van der Waals surface area contributed by atoms with E-state index < -0.39 is 6.10 Å². The molecule has 3 heterocycles. The number of likely N-dealkylation sites (N-methyl/N-ethyl adjacent to an activating group) is 1. The number of ether oxygens (including phenoxy) is 2. The molecule has 0 spiro atoms. The fraction of sp³-hybridized carbons (Fsp3) is 0.536. The van der Waals surface area contributed by atoms with E-state index in [4.69, 9.17) is 24.0 Å². The standard InChI is InChI=1S/C28H39N5O4/c1-15-8-9-23(35-14-22(34)13-29-7)12-24(15)28-31-26(25-19(5)33-37-20(25)6)18(4)27(32-28)30-21-10-16(2)36-17(3)11-21/h8-9,12,16-17,21-22,29,34H,10-11,13-14H2,1-7H3,(H,30,31,32)/t16-,17+,21?,22-/m1/s1. The Bertz CT molecular complexity index is 1200. The number of hydrogen-bond acceptors (Lipinski definition) is 9. The molecular formula is C28H39N5O4. The summed E-state index contributed by atoms with van der Waals surface area (Å²) in [5, 5.41) is 20.9. The van der Waals surface area contributed by atoms with Crippen molar-refractivity contribution in [3.63, 3.8) is 0 Å². The summed E-state index contributed by atoms with van der Waals surface area (Å²) < 4.78 is 17.3. The van der Waals surface area contributed by atoms with Gasteiger partial charge in [-0.05, 0) is 79.1 Å². The molecule has 1 aromatic carbocycles. The van der Waals surface area contributed by atoms with Gasteiger partial charge < -0.3 is 29.7 Å². The Morgan fingerprint density at radius 1 is 1.11 bits per heavy atom. The zero-order valence-electron chi connectivity index (χ0n) is 22.9. The van der Waals surface area contributed by atoms with E-state index in [1.165, 1.54) is 0 Å². The topological polar surface area (TPSA) is 115 Å². The Kier molecular flexibility index (Phi) is 8.46. The lowest BCUT2D eigenvalue weighted by atomic mass is 9.99. The second kappa shape index (κ2) is 11.6. The molecule has 4 rings (SSSR count). The molecular weight excluding hydrogens is 470 g/mol. The van der Waals surface area contributed by atoms with Crippen molar-refractivity contribution < 1.29 is 19.1 Å². The molecule has 0 aliphatic carbocycles. The predicted molar refractivity (Wildman–Crippen MR) is 144 cm³/mol. The van der Waals surface area contributed by atoms with Crippen LogP contribution in [0.4, 0.5) is 5.82 Å². The molecule has 3 N–H and O–H groups in total. The van der Waals surface area contributed by atoms with Crippen LogP contribution >= 0.6 is 0 Å². The number of hydrogen-bond donors (Lipinski definition) is 3. The molecule has 1 unspecified atom stereocenters. The SMILES string of the molecule is CNC[C@@H](O)COc1ccc(C)c(-c2nc(NC3C[C@@H](C)O[C@@H](C)C3)c(C)c(-c3c(C)noc3C)n2)c1. The van der Waals surface area contributed by atoms with Gasteiger partial charge in [0, 0.05) is 23.7 Å². The first-order valence-corrected chi connectivity index (χ1v) is 13.0. The maximum atomic E-state index is 10.1. The van der Waals surface area contributed by atoms with E-state index in [1.54, 1.807) is 7.05 Å². The van der Waals surface area contributed by atoms with Crippen LogP contribution in [0.1, 0.15) is 49.3 Å². The highest BCUT2D eigenvalue weighted by atomic mass is 16.5. The number of nitrogens with one attached hydrogen (secondary N) is 2. The number of benzene rings is 1. The van der Waals surface area contributed by atoms with Crippen LogP contribution in [0.5, 0.6) is 5.75 Å².